The second-order valence-electron chi connectivity index (χ2n) is 7.76. The molecule has 0 heterocycles. The first-order valence-electron chi connectivity index (χ1n) is 8.37. The van der Waals surface area contributed by atoms with Crippen molar-refractivity contribution < 1.29 is 5.11 Å². The largest absolute Gasteiger partial charge is 0.393 e. The topological polar surface area (TPSA) is 20.2 Å². The molecule has 2 fully saturated rings. The van der Waals surface area contributed by atoms with Crippen LogP contribution in [0.25, 0.3) is 0 Å². The minimum Gasteiger partial charge on any atom is -0.393 e. The van der Waals surface area contributed by atoms with E-state index < -0.39 is 0 Å². The molecule has 0 aromatic heterocycles. The molecule has 3 unspecified atom stereocenters. The van der Waals surface area contributed by atoms with Crippen LogP contribution in [0.1, 0.15) is 61.6 Å². The summed E-state index contributed by atoms with van der Waals surface area (Å²) in [5.74, 6) is 2.34. The van der Waals surface area contributed by atoms with Gasteiger partial charge in [0.2, 0.25) is 0 Å². The highest BCUT2D eigenvalue weighted by Gasteiger charge is 2.54. The van der Waals surface area contributed by atoms with Crippen molar-refractivity contribution in [2.24, 2.45) is 17.3 Å². The second kappa shape index (κ2) is 4.34. The predicted octanol–water partition coefficient (Wildman–Crippen LogP) is 4.21. The summed E-state index contributed by atoms with van der Waals surface area (Å²) in [6, 6.07) is 7.09. The molecule has 0 aliphatic heterocycles. The van der Waals surface area contributed by atoms with E-state index in [0.29, 0.717) is 0 Å². The molecule has 3 aliphatic rings. The normalized spacial score (nSPS) is 42.8. The maximum atomic E-state index is 10.4. The van der Waals surface area contributed by atoms with Gasteiger partial charge in [-0.1, -0.05) is 30.7 Å². The average molecular weight is 270 g/mol. The third-order valence-corrected chi connectivity index (χ3v) is 6.83. The van der Waals surface area contributed by atoms with Gasteiger partial charge < -0.3 is 5.11 Å². The fourth-order valence-electron chi connectivity index (χ4n) is 5.68. The van der Waals surface area contributed by atoms with Gasteiger partial charge >= 0.3 is 0 Å². The molecule has 1 aromatic carbocycles. The first-order valence-corrected chi connectivity index (χ1v) is 8.37. The van der Waals surface area contributed by atoms with E-state index >= 15 is 0 Å². The lowest BCUT2D eigenvalue weighted by Crippen LogP contribution is -2.43. The number of fused-ring (bicyclic) bond motifs is 5. The molecule has 5 atom stereocenters. The van der Waals surface area contributed by atoms with Crippen molar-refractivity contribution >= 4 is 0 Å². The van der Waals surface area contributed by atoms with Crippen molar-refractivity contribution in [2.45, 2.75) is 64.4 Å². The minimum absolute atomic E-state index is 0.0483. The van der Waals surface area contributed by atoms with Crippen molar-refractivity contribution in [2.75, 3.05) is 0 Å². The molecule has 1 aromatic rings. The van der Waals surface area contributed by atoms with Crippen molar-refractivity contribution in [3.05, 3.63) is 34.9 Å². The molecule has 0 amide bonds. The number of hydrogen-bond acceptors (Lipinski definition) is 1. The summed E-state index contributed by atoms with van der Waals surface area (Å²) in [5, 5.41) is 10.4. The summed E-state index contributed by atoms with van der Waals surface area (Å²) in [7, 11) is 0. The SMILES string of the molecule is Cc1ccc2c(c1)CCC1C2CC[C@@]2(C)C1CC[C@@H]2O. The number of rotatable bonds is 0. The second-order valence-corrected chi connectivity index (χ2v) is 7.76. The van der Waals surface area contributed by atoms with E-state index in [0.717, 1.165) is 24.2 Å². The van der Waals surface area contributed by atoms with E-state index in [4.69, 9.17) is 0 Å². The Kier molecular flexibility index (Phi) is 2.79. The van der Waals surface area contributed by atoms with Crippen LogP contribution in [0.2, 0.25) is 0 Å². The van der Waals surface area contributed by atoms with Crippen LogP contribution in [0.3, 0.4) is 0 Å². The first-order chi connectivity index (χ1) is 9.59. The fourth-order valence-corrected chi connectivity index (χ4v) is 5.68. The molecule has 20 heavy (non-hydrogen) atoms. The van der Waals surface area contributed by atoms with Gasteiger partial charge in [-0.3, -0.25) is 0 Å². The average Bonchev–Trinajstić information content (AvgIpc) is 2.74. The van der Waals surface area contributed by atoms with Crippen LogP contribution >= 0.6 is 0 Å². The van der Waals surface area contributed by atoms with Gasteiger partial charge in [-0.25, -0.2) is 0 Å². The summed E-state index contributed by atoms with van der Waals surface area (Å²) in [6.45, 7) is 4.56. The van der Waals surface area contributed by atoms with Crippen LogP contribution in [0, 0.1) is 24.2 Å². The lowest BCUT2D eigenvalue weighted by Gasteiger charge is -2.50. The molecule has 0 saturated heterocycles. The molecule has 3 aliphatic carbocycles. The van der Waals surface area contributed by atoms with E-state index in [1.54, 1.807) is 11.1 Å². The Morgan fingerprint density at radius 3 is 2.85 bits per heavy atom. The molecule has 1 heteroatoms. The van der Waals surface area contributed by atoms with E-state index in [1.165, 1.54) is 37.7 Å². The quantitative estimate of drug-likeness (QED) is 0.748. The summed E-state index contributed by atoms with van der Waals surface area (Å²) >= 11 is 0. The smallest absolute Gasteiger partial charge is 0.0596 e. The van der Waals surface area contributed by atoms with Crippen molar-refractivity contribution in [3.8, 4) is 0 Å². The summed E-state index contributed by atoms with van der Waals surface area (Å²) in [5.41, 5.74) is 4.85. The zero-order valence-electron chi connectivity index (χ0n) is 12.7. The molecular weight excluding hydrogens is 244 g/mol. The zero-order valence-corrected chi connectivity index (χ0v) is 12.7. The highest BCUT2D eigenvalue weighted by Crippen LogP contribution is 2.60. The van der Waals surface area contributed by atoms with Gasteiger partial charge in [0.25, 0.3) is 0 Å². The summed E-state index contributed by atoms with van der Waals surface area (Å²) < 4.78 is 0. The Morgan fingerprint density at radius 1 is 1.15 bits per heavy atom. The minimum atomic E-state index is -0.0483. The molecular formula is C19H26O. The fraction of sp³-hybridized carbons (Fsp3) is 0.684. The maximum Gasteiger partial charge on any atom is 0.0596 e. The van der Waals surface area contributed by atoms with Crippen LogP contribution in [-0.4, -0.2) is 11.2 Å². The van der Waals surface area contributed by atoms with Gasteiger partial charge in [-0.2, -0.15) is 0 Å². The van der Waals surface area contributed by atoms with Crippen molar-refractivity contribution in [3.63, 3.8) is 0 Å². The Bertz CT molecular complexity index is 535. The van der Waals surface area contributed by atoms with E-state index in [-0.39, 0.29) is 11.5 Å². The van der Waals surface area contributed by atoms with E-state index in [1.807, 2.05) is 0 Å². The third kappa shape index (κ3) is 1.65. The molecule has 0 spiro atoms. The van der Waals surface area contributed by atoms with E-state index in [2.05, 4.69) is 32.0 Å². The highest BCUT2D eigenvalue weighted by molar-refractivity contribution is 5.37. The van der Waals surface area contributed by atoms with Crippen LogP contribution in [0.4, 0.5) is 0 Å². The molecule has 1 N–H and O–H groups in total. The molecule has 108 valence electrons. The van der Waals surface area contributed by atoms with Gasteiger partial charge in [0.1, 0.15) is 0 Å². The highest BCUT2D eigenvalue weighted by atomic mass is 16.3. The van der Waals surface area contributed by atoms with Gasteiger partial charge in [-0.05, 0) is 79.7 Å². The lowest BCUT2D eigenvalue weighted by molar-refractivity contribution is -0.0226. The summed E-state index contributed by atoms with van der Waals surface area (Å²) in [6.07, 6.45) is 7.32. The number of aryl methyl sites for hydroxylation is 2. The Morgan fingerprint density at radius 2 is 2.00 bits per heavy atom. The Labute approximate surface area is 122 Å². The van der Waals surface area contributed by atoms with Crippen LogP contribution < -0.4 is 0 Å². The Balaban J connectivity index is 1.71. The number of hydrogen-bond donors (Lipinski definition) is 1. The number of aliphatic hydroxyl groups is 1. The van der Waals surface area contributed by atoms with Crippen LogP contribution in [0.5, 0.6) is 0 Å². The number of aliphatic hydroxyl groups excluding tert-OH is 1. The van der Waals surface area contributed by atoms with Gasteiger partial charge in [-0.15, -0.1) is 0 Å². The third-order valence-electron chi connectivity index (χ3n) is 6.83. The summed E-state index contributed by atoms with van der Waals surface area (Å²) in [4.78, 5) is 0. The molecule has 1 nitrogen and oxygen atoms in total. The Hall–Kier alpha value is -0.820. The maximum absolute atomic E-state index is 10.4. The zero-order chi connectivity index (χ0) is 13.9. The van der Waals surface area contributed by atoms with Gasteiger partial charge in [0.05, 0.1) is 6.10 Å². The molecule has 2 saturated carbocycles. The van der Waals surface area contributed by atoms with Crippen molar-refractivity contribution in [1.82, 2.24) is 0 Å². The monoisotopic (exact) mass is 270 g/mol. The van der Waals surface area contributed by atoms with Crippen LogP contribution in [-0.2, 0) is 6.42 Å². The molecule has 0 radical (unpaired) electrons. The van der Waals surface area contributed by atoms with Crippen LogP contribution in [0.15, 0.2) is 18.2 Å². The standard InChI is InChI=1S/C19H26O/c1-12-3-5-14-13(11-12)4-6-16-15(14)9-10-19(2)17(16)7-8-18(19)20/h3,5,11,15-18,20H,4,6-10H2,1-2H3/t15?,16?,17?,18-,19-/m0/s1. The predicted molar refractivity (Wildman–Crippen MR) is 81.8 cm³/mol. The lowest BCUT2D eigenvalue weighted by atomic mass is 9.55. The van der Waals surface area contributed by atoms with Gasteiger partial charge in [0, 0.05) is 0 Å². The molecule has 0 bridgehead atoms. The van der Waals surface area contributed by atoms with Crippen molar-refractivity contribution in [1.29, 1.82) is 0 Å². The van der Waals surface area contributed by atoms with Gasteiger partial charge in [0.15, 0.2) is 0 Å². The first kappa shape index (κ1) is 12.9. The molecule has 4 rings (SSSR count). The number of benzene rings is 1. The van der Waals surface area contributed by atoms with E-state index in [9.17, 15) is 5.11 Å².